The molecule has 0 bridgehead atoms. The molecule has 18 heavy (non-hydrogen) atoms. The third kappa shape index (κ3) is 2.41. The molecule has 1 saturated heterocycles. The first-order chi connectivity index (χ1) is 8.42. The van der Waals surface area contributed by atoms with E-state index in [2.05, 4.69) is 34.7 Å². The van der Waals surface area contributed by atoms with Crippen molar-refractivity contribution in [3.8, 4) is 0 Å². The molecule has 0 aromatic carbocycles. The van der Waals surface area contributed by atoms with E-state index in [1.165, 1.54) is 0 Å². The summed E-state index contributed by atoms with van der Waals surface area (Å²) in [6.07, 6.45) is 2.20. The normalized spacial score (nSPS) is 22.8. The molecule has 100 valence electrons. The fraction of sp³-hybridized carbons (Fsp3) is 0.692. The number of aromatic nitrogens is 2. The molecule has 2 heterocycles. The molecule has 2 rings (SSSR count). The summed E-state index contributed by atoms with van der Waals surface area (Å²) >= 11 is 0. The first-order valence-electron chi connectivity index (χ1n) is 6.47. The van der Waals surface area contributed by atoms with Crippen molar-refractivity contribution < 1.29 is 4.79 Å². The van der Waals surface area contributed by atoms with E-state index in [1.54, 1.807) is 0 Å². The number of amides is 1. The molecular formula is C13H22N4O. The molecule has 0 spiro atoms. The Balaban J connectivity index is 2.12. The van der Waals surface area contributed by atoms with Gasteiger partial charge in [0.05, 0.1) is 23.1 Å². The average molecular weight is 250 g/mol. The summed E-state index contributed by atoms with van der Waals surface area (Å²) in [5, 5.41) is 13.3. The lowest BCUT2D eigenvalue weighted by molar-refractivity contribution is -0.121. The highest BCUT2D eigenvalue weighted by Crippen LogP contribution is 2.31. The fourth-order valence-electron chi connectivity index (χ4n) is 2.59. The van der Waals surface area contributed by atoms with Crippen LogP contribution in [0.15, 0.2) is 0 Å². The van der Waals surface area contributed by atoms with Crippen LogP contribution in [0.2, 0.25) is 0 Å². The van der Waals surface area contributed by atoms with Crippen molar-refractivity contribution in [3.63, 3.8) is 0 Å². The van der Waals surface area contributed by atoms with Gasteiger partial charge in [-0.2, -0.15) is 5.10 Å². The molecule has 1 unspecified atom stereocenters. The molecule has 3 N–H and O–H groups in total. The first-order valence-corrected chi connectivity index (χ1v) is 6.47. The molecular weight excluding hydrogens is 228 g/mol. The topological polar surface area (TPSA) is 69.8 Å². The van der Waals surface area contributed by atoms with Gasteiger partial charge in [-0.25, -0.2) is 0 Å². The Morgan fingerprint density at radius 3 is 2.72 bits per heavy atom. The van der Waals surface area contributed by atoms with Crippen LogP contribution in [0.3, 0.4) is 0 Å². The zero-order valence-corrected chi connectivity index (χ0v) is 11.6. The maximum atomic E-state index is 12.4. The van der Waals surface area contributed by atoms with Crippen molar-refractivity contribution >= 4 is 11.6 Å². The molecule has 1 aromatic rings. The van der Waals surface area contributed by atoms with Crippen LogP contribution in [0.1, 0.15) is 38.1 Å². The zero-order chi connectivity index (χ0) is 13.3. The van der Waals surface area contributed by atoms with Gasteiger partial charge >= 0.3 is 0 Å². The summed E-state index contributed by atoms with van der Waals surface area (Å²) in [6, 6.07) is -0.139. The number of rotatable bonds is 2. The number of nitrogens with one attached hydrogen (secondary N) is 3. The molecule has 5 heteroatoms. The van der Waals surface area contributed by atoms with Gasteiger partial charge in [0.2, 0.25) is 5.91 Å². The summed E-state index contributed by atoms with van der Waals surface area (Å²) in [5.41, 5.74) is 2.53. The van der Waals surface area contributed by atoms with Crippen molar-refractivity contribution in [2.24, 2.45) is 5.41 Å². The van der Waals surface area contributed by atoms with Crippen molar-refractivity contribution in [3.05, 3.63) is 11.4 Å². The summed E-state index contributed by atoms with van der Waals surface area (Å²) in [4.78, 5) is 12.4. The highest BCUT2D eigenvalue weighted by molar-refractivity contribution is 5.96. The van der Waals surface area contributed by atoms with Gasteiger partial charge in [-0.15, -0.1) is 0 Å². The molecule has 1 amide bonds. The van der Waals surface area contributed by atoms with Crippen LogP contribution in [0.25, 0.3) is 0 Å². The Morgan fingerprint density at radius 2 is 2.17 bits per heavy atom. The van der Waals surface area contributed by atoms with Crippen LogP contribution < -0.4 is 10.6 Å². The molecule has 0 saturated carbocycles. The predicted octanol–water partition coefficient (Wildman–Crippen LogP) is 1.74. The van der Waals surface area contributed by atoms with Crippen LogP contribution in [0.5, 0.6) is 0 Å². The Morgan fingerprint density at radius 1 is 1.44 bits per heavy atom. The molecule has 5 nitrogen and oxygen atoms in total. The lowest BCUT2D eigenvalue weighted by atomic mass is 9.77. The number of hydrogen-bond donors (Lipinski definition) is 3. The van der Waals surface area contributed by atoms with Crippen molar-refractivity contribution in [1.29, 1.82) is 0 Å². The SMILES string of the molecule is Cc1n[nH]c(C)c1NC(=O)C1NCCCC1(C)C. The van der Waals surface area contributed by atoms with E-state index >= 15 is 0 Å². The van der Waals surface area contributed by atoms with Crippen molar-refractivity contribution in [1.82, 2.24) is 15.5 Å². The minimum Gasteiger partial charge on any atom is -0.322 e. The lowest BCUT2D eigenvalue weighted by Gasteiger charge is -2.38. The monoisotopic (exact) mass is 250 g/mol. The van der Waals surface area contributed by atoms with E-state index < -0.39 is 0 Å². The van der Waals surface area contributed by atoms with E-state index in [0.717, 1.165) is 36.5 Å². The van der Waals surface area contributed by atoms with E-state index in [4.69, 9.17) is 0 Å². The second kappa shape index (κ2) is 4.72. The van der Waals surface area contributed by atoms with Gasteiger partial charge in [-0.05, 0) is 38.6 Å². The van der Waals surface area contributed by atoms with Crippen LogP contribution in [0, 0.1) is 19.3 Å². The molecule has 1 aliphatic rings. The van der Waals surface area contributed by atoms with Gasteiger partial charge < -0.3 is 10.6 Å². The van der Waals surface area contributed by atoms with Crippen LogP contribution >= 0.6 is 0 Å². The smallest absolute Gasteiger partial charge is 0.242 e. The minimum atomic E-state index is -0.139. The van der Waals surface area contributed by atoms with Gasteiger partial charge in [0.1, 0.15) is 0 Å². The number of carbonyl (C=O) groups is 1. The Kier molecular flexibility index (Phi) is 3.43. The number of H-pyrrole nitrogens is 1. The van der Waals surface area contributed by atoms with Gasteiger partial charge in [0, 0.05) is 0 Å². The maximum absolute atomic E-state index is 12.4. The summed E-state index contributed by atoms with van der Waals surface area (Å²) in [7, 11) is 0. The van der Waals surface area contributed by atoms with Crippen molar-refractivity contribution in [2.45, 2.75) is 46.6 Å². The van der Waals surface area contributed by atoms with E-state index in [0.29, 0.717) is 0 Å². The minimum absolute atomic E-state index is 0.00607. The van der Waals surface area contributed by atoms with E-state index in [9.17, 15) is 4.79 Å². The molecule has 0 aliphatic carbocycles. The number of hydrogen-bond acceptors (Lipinski definition) is 3. The molecule has 0 radical (unpaired) electrons. The number of nitrogens with zero attached hydrogens (tertiary/aromatic N) is 1. The second-order valence-electron chi connectivity index (χ2n) is 5.78. The highest BCUT2D eigenvalue weighted by Gasteiger charge is 2.37. The number of anilines is 1. The summed E-state index contributed by atoms with van der Waals surface area (Å²) in [6.45, 7) is 8.98. The molecule has 1 fully saturated rings. The first kappa shape index (κ1) is 13.1. The fourth-order valence-corrected chi connectivity index (χ4v) is 2.59. The third-order valence-electron chi connectivity index (χ3n) is 3.77. The number of aromatic amines is 1. The molecule has 1 aromatic heterocycles. The summed E-state index contributed by atoms with van der Waals surface area (Å²) < 4.78 is 0. The summed E-state index contributed by atoms with van der Waals surface area (Å²) in [5.74, 6) is 0.0345. The number of carbonyl (C=O) groups excluding carboxylic acids is 1. The number of piperidine rings is 1. The van der Waals surface area contributed by atoms with Gasteiger partial charge in [0.15, 0.2) is 0 Å². The number of aryl methyl sites for hydroxylation is 2. The zero-order valence-electron chi connectivity index (χ0n) is 11.6. The van der Waals surface area contributed by atoms with Crippen LogP contribution in [0.4, 0.5) is 5.69 Å². The Hall–Kier alpha value is -1.36. The van der Waals surface area contributed by atoms with Gasteiger partial charge in [-0.3, -0.25) is 9.89 Å². The second-order valence-corrected chi connectivity index (χ2v) is 5.78. The standard InChI is InChI=1S/C13H22N4O/c1-8-10(9(2)17-16-8)15-12(18)11-13(3,4)6-5-7-14-11/h11,14H,5-7H2,1-4H3,(H,15,18)(H,16,17). The Bertz CT molecular complexity index is 430. The van der Waals surface area contributed by atoms with Crippen molar-refractivity contribution in [2.75, 3.05) is 11.9 Å². The predicted molar refractivity (Wildman–Crippen MR) is 71.5 cm³/mol. The van der Waals surface area contributed by atoms with Gasteiger partial charge in [-0.1, -0.05) is 13.8 Å². The van der Waals surface area contributed by atoms with Gasteiger partial charge in [0.25, 0.3) is 0 Å². The highest BCUT2D eigenvalue weighted by atomic mass is 16.2. The van der Waals surface area contributed by atoms with E-state index in [1.807, 2.05) is 13.8 Å². The van der Waals surface area contributed by atoms with Crippen LogP contribution in [-0.4, -0.2) is 28.7 Å². The molecule has 1 atom stereocenters. The largest absolute Gasteiger partial charge is 0.322 e. The lowest BCUT2D eigenvalue weighted by Crippen LogP contribution is -2.53. The maximum Gasteiger partial charge on any atom is 0.242 e. The van der Waals surface area contributed by atoms with Crippen LogP contribution in [-0.2, 0) is 4.79 Å². The third-order valence-corrected chi connectivity index (χ3v) is 3.77. The quantitative estimate of drug-likeness (QED) is 0.749. The molecule has 1 aliphatic heterocycles. The Labute approximate surface area is 108 Å². The average Bonchev–Trinajstić information content (AvgIpc) is 2.60. The van der Waals surface area contributed by atoms with E-state index in [-0.39, 0.29) is 17.4 Å².